The number of rotatable bonds is 5. The number of benzene rings is 1. The van der Waals surface area contributed by atoms with E-state index in [4.69, 9.17) is 5.84 Å². The average molecular weight is 289 g/mol. The van der Waals surface area contributed by atoms with Crippen molar-refractivity contribution in [3.8, 4) is 0 Å². The number of likely N-dealkylation sites (tertiary alicyclic amines) is 1. The lowest BCUT2D eigenvalue weighted by atomic mass is 9.80. The molecule has 118 valence electrons. The summed E-state index contributed by atoms with van der Waals surface area (Å²) in [6.45, 7) is 11.4. The second kappa shape index (κ2) is 6.91. The van der Waals surface area contributed by atoms with Crippen LogP contribution in [0.1, 0.15) is 62.3 Å². The average Bonchev–Trinajstić information content (AvgIpc) is 2.50. The van der Waals surface area contributed by atoms with Crippen LogP contribution in [0.15, 0.2) is 18.2 Å². The number of nitrogens with one attached hydrogen (secondary N) is 1. The van der Waals surface area contributed by atoms with Gasteiger partial charge in [-0.05, 0) is 64.3 Å². The molecule has 0 aliphatic carbocycles. The normalized spacial score (nSPS) is 21.0. The van der Waals surface area contributed by atoms with Crippen molar-refractivity contribution in [2.45, 2.75) is 65.0 Å². The van der Waals surface area contributed by atoms with Crippen molar-refractivity contribution in [3.05, 3.63) is 34.9 Å². The van der Waals surface area contributed by atoms with Gasteiger partial charge < -0.3 is 0 Å². The topological polar surface area (TPSA) is 41.3 Å². The Balaban J connectivity index is 2.35. The van der Waals surface area contributed by atoms with E-state index < -0.39 is 0 Å². The maximum Gasteiger partial charge on any atom is 0.0643 e. The molecule has 1 aromatic carbocycles. The van der Waals surface area contributed by atoms with Crippen molar-refractivity contribution >= 4 is 0 Å². The number of aryl methyl sites for hydroxylation is 2. The van der Waals surface area contributed by atoms with E-state index in [0.29, 0.717) is 0 Å². The first-order valence-electron chi connectivity index (χ1n) is 8.31. The number of piperidine rings is 1. The van der Waals surface area contributed by atoms with Gasteiger partial charge in [-0.15, -0.1) is 0 Å². The highest BCUT2D eigenvalue weighted by molar-refractivity contribution is 5.34. The highest BCUT2D eigenvalue weighted by atomic mass is 15.3. The van der Waals surface area contributed by atoms with Crippen LogP contribution in [0.3, 0.4) is 0 Å². The molecule has 3 heteroatoms. The quantitative estimate of drug-likeness (QED) is 0.644. The zero-order valence-corrected chi connectivity index (χ0v) is 14.1. The van der Waals surface area contributed by atoms with Crippen molar-refractivity contribution in [1.29, 1.82) is 0 Å². The molecule has 0 radical (unpaired) electrons. The zero-order valence-electron chi connectivity index (χ0n) is 14.1. The second-order valence-corrected chi connectivity index (χ2v) is 6.72. The zero-order chi connectivity index (χ0) is 15.5. The van der Waals surface area contributed by atoms with Crippen LogP contribution in [0.25, 0.3) is 0 Å². The molecule has 1 heterocycles. The van der Waals surface area contributed by atoms with Gasteiger partial charge >= 0.3 is 0 Å². The van der Waals surface area contributed by atoms with Crippen LogP contribution in [0.4, 0.5) is 0 Å². The third kappa shape index (κ3) is 3.31. The van der Waals surface area contributed by atoms with Gasteiger partial charge in [0.1, 0.15) is 0 Å². The number of hydrogen-bond acceptors (Lipinski definition) is 3. The summed E-state index contributed by atoms with van der Waals surface area (Å²) in [6.07, 6.45) is 5.06. The van der Waals surface area contributed by atoms with Crippen molar-refractivity contribution in [2.24, 2.45) is 5.84 Å². The third-order valence-electron chi connectivity index (χ3n) is 5.32. The number of hydrogen-bond donors (Lipinski definition) is 2. The fourth-order valence-electron chi connectivity index (χ4n) is 3.77. The smallest absolute Gasteiger partial charge is 0.0643 e. The summed E-state index contributed by atoms with van der Waals surface area (Å²) in [5.41, 5.74) is 7.16. The Labute approximate surface area is 129 Å². The summed E-state index contributed by atoms with van der Waals surface area (Å²) in [6, 6.07) is 6.86. The molecular weight excluding hydrogens is 258 g/mol. The second-order valence-electron chi connectivity index (χ2n) is 6.72. The van der Waals surface area contributed by atoms with Crippen molar-refractivity contribution in [1.82, 2.24) is 10.3 Å². The van der Waals surface area contributed by atoms with E-state index >= 15 is 0 Å². The van der Waals surface area contributed by atoms with Gasteiger partial charge in [0.2, 0.25) is 0 Å². The Morgan fingerprint density at radius 3 is 2.43 bits per heavy atom. The predicted molar refractivity (Wildman–Crippen MR) is 90.1 cm³/mol. The summed E-state index contributed by atoms with van der Waals surface area (Å²) in [7, 11) is 0. The minimum atomic E-state index is 0.0647. The Kier molecular flexibility index (Phi) is 5.42. The van der Waals surface area contributed by atoms with Gasteiger partial charge in [-0.25, -0.2) is 0 Å². The molecule has 1 aliphatic rings. The maximum atomic E-state index is 6.00. The molecule has 1 saturated heterocycles. The van der Waals surface area contributed by atoms with Crippen LogP contribution in [0, 0.1) is 13.8 Å². The SMILES string of the molecule is CCC(C)(C(NN)c1ccc(C)cc1C)N1CCCCC1. The molecule has 3 nitrogen and oxygen atoms in total. The summed E-state index contributed by atoms with van der Waals surface area (Å²) >= 11 is 0. The molecule has 1 fully saturated rings. The molecule has 2 atom stereocenters. The van der Waals surface area contributed by atoms with Crippen molar-refractivity contribution in [3.63, 3.8) is 0 Å². The Morgan fingerprint density at radius 1 is 1.24 bits per heavy atom. The molecule has 1 aromatic rings. The first kappa shape index (κ1) is 16.5. The van der Waals surface area contributed by atoms with Crippen LogP contribution in [-0.2, 0) is 0 Å². The standard InChI is InChI=1S/C18H31N3/c1-5-18(4,21-11-7-6-8-12-21)17(20-19)16-10-9-14(2)13-15(16)3/h9-10,13,17,20H,5-8,11-12,19H2,1-4H3. The monoisotopic (exact) mass is 289 g/mol. The van der Waals surface area contributed by atoms with E-state index in [9.17, 15) is 0 Å². The first-order chi connectivity index (χ1) is 10.0. The molecule has 0 saturated carbocycles. The lowest BCUT2D eigenvalue weighted by molar-refractivity contribution is 0.0422. The van der Waals surface area contributed by atoms with E-state index in [-0.39, 0.29) is 11.6 Å². The van der Waals surface area contributed by atoms with E-state index in [0.717, 1.165) is 6.42 Å². The van der Waals surface area contributed by atoms with E-state index in [2.05, 4.69) is 56.2 Å². The van der Waals surface area contributed by atoms with Crippen LogP contribution in [-0.4, -0.2) is 23.5 Å². The van der Waals surface area contributed by atoms with E-state index in [1.165, 1.54) is 49.0 Å². The van der Waals surface area contributed by atoms with Crippen LogP contribution >= 0.6 is 0 Å². The van der Waals surface area contributed by atoms with Gasteiger partial charge in [-0.2, -0.15) is 0 Å². The van der Waals surface area contributed by atoms with Gasteiger partial charge in [-0.3, -0.25) is 16.2 Å². The van der Waals surface area contributed by atoms with Gasteiger partial charge in [0.15, 0.2) is 0 Å². The molecule has 3 N–H and O–H groups in total. The molecule has 0 amide bonds. The van der Waals surface area contributed by atoms with Gasteiger partial charge in [0.05, 0.1) is 6.04 Å². The fourth-order valence-corrected chi connectivity index (χ4v) is 3.77. The van der Waals surface area contributed by atoms with E-state index in [1.54, 1.807) is 0 Å². The van der Waals surface area contributed by atoms with Crippen LogP contribution < -0.4 is 11.3 Å². The Bertz CT molecular complexity index is 466. The minimum Gasteiger partial charge on any atom is -0.296 e. The lowest BCUT2D eigenvalue weighted by Gasteiger charge is -2.48. The molecule has 21 heavy (non-hydrogen) atoms. The number of hydrazine groups is 1. The first-order valence-corrected chi connectivity index (χ1v) is 8.31. The summed E-state index contributed by atoms with van der Waals surface area (Å²) in [5, 5.41) is 0. The fraction of sp³-hybridized carbons (Fsp3) is 0.667. The van der Waals surface area contributed by atoms with Gasteiger partial charge in [0.25, 0.3) is 0 Å². The number of nitrogens with zero attached hydrogens (tertiary/aromatic N) is 1. The summed E-state index contributed by atoms with van der Waals surface area (Å²) < 4.78 is 0. The minimum absolute atomic E-state index is 0.0647. The molecule has 2 rings (SSSR count). The predicted octanol–water partition coefficient (Wildman–Crippen LogP) is 3.46. The van der Waals surface area contributed by atoms with Crippen LogP contribution in [0.5, 0.6) is 0 Å². The van der Waals surface area contributed by atoms with Gasteiger partial charge in [-0.1, -0.05) is 37.1 Å². The molecule has 1 aliphatic heterocycles. The van der Waals surface area contributed by atoms with Crippen molar-refractivity contribution in [2.75, 3.05) is 13.1 Å². The molecule has 0 aromatic heterocycles. The highest BCUT2D eigenvalue weighted by Gasteiger charge is 2.39. The lowest BCUT2D eigenvalue weighted by Crippen LogP contribution is -2.57. The Morgan fingerprint density at radius 2 is 1.90 bits per heavy atom. The molecular formula is C18H31N3. The van der Waals surface area contributed by atoms with Crippen LogP contribution in [0.2, 0.25) is 0 Å². The largest absolute Gasteiger partial charge is 0.296 e. The third-order valence-corrected chi connectivity index (χ3v) is 5.32. The Hall–Kier alpha value is -0.900. The van der Waals surface area contributed by atoms with E-state index in [1.807, 2.05) is 0 Å². The highest BCUT2D eigenvalue weighted by Crippen LogP contribution is 2.37. The summed E-state index contributed by atoms with van der Waals surface area (Å²) in [4.78, 5) is 2.64. The van der Waals surface area contributed by atoms with Gasteiger partial charge in [0, 0.05) is 5.54 Å². The maximum absolute atomic E-state index is 6.00. The summed E-state index contributed by atoms with van der Waals surface area (Å²) in [5.74, 6) is 6.00. The number of nitrogens with two attached hydrogens (primary N) is 1. The molecule has 0 bridgehead atoms. The molecule has 0 spiro atoms. The molecule has 2 unspecified atom stereocenters. The van der Waals surface area contributed by atoms with Crippen molar-refractivity contribution < 1.29 is 0 Å².